The molecule has 3 aromatic rings. The number of likely N-dealkylation sites (N-methyl/N-ethyl adjacent to an activating group) is 1. The van der Waals surface area contributed by atoms with E-state index in [1.54, 1.807) is 0 Å². The van der Waals surface area contributed by atoms with Crippen molar-refractivity contribution in [1.29, 1.82) is 0 Å². The van der Waals surface area contributed by atoms with Gasteiger partial charge in [-0.25, -0.2) is 4.79 Å². The molecule has 2 heterocycles. The Morgan fingerprint density at radius 1 is 0.833 bits per heavy atom. The van der Waals surface area contributed by atoms with Gasteiger partial charge in [-0.2, -0.15) is 4.58 Å². The number of hydrogen-bond donors (Lipinski definition) is 1. The zero-order chi connectivity index (χ0) is 30.6. The fourth-order valence-electron chi connectivity index (χ4n) is 6.35. The van der Waals surface area contributed by atoms with Gasteiger partial charge in [0.05, 0.1) is 5.41 Å². The van der Waals surface area contributed by atoms with Crippen molar-refractivity contribution in [2.45, 2.75) is 38.5 Å². The van der Waals surface area contributed by atoms with E-state index in [0.29, 0.717) is 0 Å². The topological polar surface area (TPSA) is 43.5 Å². The summed E-state index contributed by atoms with van der Waals surface area (Å²) in [6, 6.07) is 13.1. The monoisotopic (exact) mass is 1010 g/mol. The smallest absolute Gasteiger partial charge is 0.370 e. The first-order chi connectivity index (χ1) is 19.7. The molecular formula is C34H31I4N2O2+. The van der Waals surface area contributed by atoms with Crippen LogP contribution in [0.25, 0.3) is 10.8 Å². The highest BCUT2D eigenvalue weighted by Gasteiger charge is 2.46. The van der Waals surface area contributed by atoms with Crippen LogP contribution < -0.4 is 4.90 Å². The normalized spacial score (nSPS) is 18.4. The summed E-state index contributed by atoms with van der Waals surface area (Å²) in [4.78, 5) is 14.2. The van der Waals surface area contributed by atoms with Crippen molar-refractivity contribution >= 4 is 124 Å². The standard InChI is InChI=1S/C34H30I4N2O2/c1-33(2)28(39(5)27-18-21(36)17-25(38)32(27)33)11-9-7-6-8-10-12-29-34(3,4)31-23-15-20(35)16-24(37)22(23)13-14-26(31)40(29)19-30(41)42/h6-18H,19H2,1-5H3/p+1. The average molecular weight is 1010 g/mol. The molecule has 0 saturated heterocycles. The number of carboxylic acid groups (broad SMARTS) is 1. The Labute approximate surface area is 302 Å². The molecule has 0 spiro atoms. The number of rotatable bonds is 6. The molecule has 0 saturated carbocycles. The van der Waals surface area contributed by atoms with Crippen LogP contribution in [0.5, 0.6) is 0 Å². The maximum Gasteiger partial charge on any atom is 0.370 e. The lowest BCUT2D eigenvalue weighted by molar-refractivity contribution is -0.427. The predicted molar refractivity (Wildman–Crippen MR) is 209 cm³/mol. The van der Waals surface area contributed by atoms with Crippen molar-refractivity contribution in [2.75, 3.05) is 18.5 Å². The molecule has 0 radical (unpaired) electrons. The maximum atomic E-state index is 11.9. The number of aliphatic carboxylic acids is 1. The number of halogens is 4. The highest BCUT2D eigenvalue weighted by molar-refractivity contribution is 14.1. The van der Waals surface area contributed by atoms with E-state index < -0.39 is 5.97 Å². The molecule has 0 unspecified atom stereocenters. The van der Waals surface area contributed by atoms with Gasteiger partial charge in [0.15, 0.2) is 5.71 Å². The van der Waals surface area contributed by atoms with E-state index in [-0.39, 0.29) is 17.4 Å². The molecule has 4 nitrogen and oxygen atoms in total. The highest BCUT2D eigenvalue weighted by atomic mass is 127. The molecule has 8 heteroatoms. The second kappa shape index (κ2) is 12.3. The Bertz CT molecular complexity index is 1790. The minimum atomic E-state index is -0.847. The minimum Gasteiger partial charge on any atom is -0.477 e. The van der Waals surface area contributed by atoms with Crippen LogP contribution in [0.4, 0.5) is 11.4 Å². The Balaban J connectivity index is 1.42. The zero-order valence-corrected chi connectivity index (χ0v) is 32.6. The molecule has 0 bridgehead atoms. The highest BCUT2D eigenvalue weighted by Crippen LogP contribution is 2.49. The van der Waals surface area contributed by atoms with E-state index in [4.69, 9.17) is 0 Å². The van der Waals surface area contributed by atoms with Crippen molar-refractivity contribution in [3.63, 3.8) is 0 Å². The van der Waals surface area contributed by atoms with Gasteiger partial charge in [-0.1, -0.05) is 44.2 Å². The molecule has 2 aliphatic heterocycles. The largest absolute Gasteiger partial charge is 0.477 e. The first-order valence-electron chi connectivity index (χ1n) is 13.5. The lowest BCUT2D eigenvalue weighted by atomic mass is 9.79. The summed E-state index contributed by atoms with van der Waals surface area (Å²) >= 11 is 9.60. The Hall–Kier alpha value is -1.26. The van der Waals surface area contributed by atoms with Crippen molar-refractivity contribution in [1.82, 2.24) is 0 Å². The minimum absolute atomic E-state index is 0.0769. The molecule has 0 aromatic heterocycles. The Morgan fingerprint density at radius 3 is 2.19 bits per heavy atom. The number of fused-ring (bicyclic) bond motifs is 4. The molecule has 0 aliphatic carbocycles. The van der Waals surface area contributed by atoms with Crippen LogP contribution in [0.2, 0.25) is 0 Å². The zero-order valence-electron chi connectivity index (χ0n) is 24.0. The molecule has 42 heavy (non-hydrogen) atoms. The number of anilines is 1. The number of nitrogens with zero attached hydrogens (tertiary/aromatic N) is 2. The van der Waals surface area contributed by atoms with E-state index in [9.17, 15) is 9.90 Å². The molecule has 1 N–H and O–H groups in total. The number of benzene rings is 3. The van der Waals surface area contributed by atoms with Gasteiger partial charge in [-0.15, -0.1) is 0 Å². The summed E-state index contributed by atoms with van der Waals surface area (Å²) in [6.07, 6.45) is 14.4. The van der Waals surface area contributed by atoms with Gasteiger partial charge in [0.1, 0.15) is 0 Å². The summed E-state index contributed by atoms with van der Waals surface area (Å²) < 4.78 is 6.87. The third kappa shape index (κ3) is 5.78. The van der Waals surface area contributed by atoms with Gasteiger partial charge < -0.3 is 10.0 Å². The third-order valence-electron chi connectivity index (χ3n) is 8.14. The predicted octanol–water partition coefficient (Wildman–Crippen LogP) is 9.70. The number of carbonyl (C=O) groups is 1. The Morgan fingerprint density at radius 2 is 1.48 bits per heavy atom. The second-order valence-electron chi connectivity index (χ2n) is 11.6. The molecule has 0 amide bonds. The van der Waals surface area contributed by atoms with Gasteiger partial charge in [0.25, 0.3) is 0 Å². The first kappa shape index (κ1) is 32.1. The van der Waals surface area contributed by atoms with Crippen LogP contribution in [0.3, 0.4) is 0 Å². The van der Waals surface area contributed by atoms with Gasteiger partial charge in [0.2, 0.25) is 12.2 Å². The maximum absolute atomic E-state index is 11.9. The quantitative estimate of drug-likeness (QED) is 0.152. The molecule has 5 rings (SSSR count). The van der Waals surface area contributed by atoms with Crippen LogP contribution in [-0.2, 0) is 15.6 Å². The second-order valence-corrected chi connectivity index (χ2v) is 16.4. The van der Waals surface area contributed by atoms with Gasteiger partial charge >= 0.3 is 5.97 Å². The van der Waals surface area contributed by atoms with Crippen molar-refractivity contribution in [2.24, 2.45) is 0 Å². The fourth-order valence-corrected chi connectivity index (χ4v) is 10.9. The van der Waals surface area contributed by atoms with Crippen molar-refractivity contribution in [3.05, 3.63) is 110 Å². The van der Waals surface area contributed by atoms with Crippen LogP contribution in [0.1, 0.15) is 38.8 Å². The average Bonchev–Trinajstić information content (AvgIpc) is 3.21. The lowest BCUT2D eigenvalue weighted by Crippen LogP contribution is -2.29. The lowest BCUT2D eigenvalue weighted by Gasteiger charge is -2.24. The summed E-state index contributed by atoms with van der Waals surface area (Å²) in [5, 5.41) is 12.2. The molecule has 0 fully saturated rings. The fraction of sp³-hybridized carbons (Fsp3) is 0.235. The number of carboxylic acids is 1. The van der Waals surface area contributed by atoms with Crippen LogP contribution >= 0.6 is 90.4 Å². The van der Waals surface area contributed by atoms with Gasteiger partial charge in [-0.3, -0.25) is 0 Å². The SMILES string of the molecule is CN1C(=CC=CC=CC=CC2=[N+](CC(=O)O)c3ccc4c(I)cc(I)cc4c3C2(C)C)C(C)(C)c2c(I)cc(I)cc21. The molecule has 3 aromatic carbocycles. The van der Waals surface area contributed by atoms with Crippen molar-refractivity contribution in [3.8, 4) is 0 Å². The van der Waals surface area contributed by atoms with Crippen LogP contribution in [-0.4, -0.2) is 35.0 Å². The molecular weight excluding hydrogens is 976 g/mol. The Kier molecular flexibility index (Phi) is 9.38. The van der Waals surface area contributed by atoms with E-state index in [1.807, 2.05) is 28.9 Å². The first-order valence-corrected chi connectivity index (χ1v) is 17.8. The van der Waals surface area contributed by atoms with E-state index in [2.05, 4.69) is 185 Å². The van der Waals surface area contributed by atoms with Crippen molar-refractivity contribution < 1.29 is 14.5 Å². The molecule has 216 valence electrons. The number of hydrogen-bond acceptors (Lipinski definition) is 2. The van der Waals surface area contributed by atoms with Crippen LogP contribution in [0, 0.1) is 14.3 Å². The number of allylic oxidation sites excluding steroid dienone is 8. The molecule has 0 atom stereocenters. The summed E-state index contributed by atoms with van der Waals surface area (Å²) in [7, 11) is 2.14. The van der Waals surface area contributed by atoms with E-state index in [1.165, 1.54) is 47.6 Å². The summed E-state index contributed by atoms with van der Waals surface area (Å²) in [5.41, 5.74) is 6.61. The third-order valence-corrected chi connectivity index (χ3v) is 11.1. The van der Waals surface area contributed by atoms with Crippen LogP contribution in [0.15, 0.2) is 84.6 Å². The van der Waals surface area contributed by atoms with Gasteiger partial charge in [-0.05, 0) is 151 Å². The van der Waals surface area contributed by atoms with E-state index in [0.717, 1.165) is 11.4 Å². The molecule has 2 aliphatic rings. The van der Waals surface area contributed by atoms with E-state index >= 15 is 0 Å². The van der Waals surface area contributed by atoms with Gasteiger partial charge in [0, 0.05) is 61.4 Å². The summed E-state index contributed by atoms with van der Waals surface area (Å²) in [6.45, 7) is 8.87. The summed E-state index contributed by atoms with van der Waals surface area (Å²) in [5.74, 6) is -0.847.